The lowest BCUT2D eigenvalue weighted by molar-refractivity contribution is -0.385. The van der Waals surface area contributed by atoms with Gasteiger partial charge >= 0.3 is 6.18 Å². The van der Waals surface area contributed by atoms with Crippen LogP contribution in [0.2, 0.25) is 0 Å². The quantitative estimate of drug-likeness (QED) is 0.218. The molecular formula is C29H35F3N2O6S. The molecule has 8 nitrogen and oxygen atoms in total. The van der Waals surface area contributed by atoms with Crippen LogP contribution in [-0.4, -0.2) is 43.1 Å². The maximum atomic E-state index is 14.2. The van der Waals surface area contributed by atoms with Crippen LogP contribution in [0.25, 0.3) is 0 Å². The number of nitro benzene ring substituents is 1. The van der Waals surface area contributed by atoms with E-state index < -0.39 is 57.4 Å². The number of benzene rings is 2. The fourth-order valence-electron chi connectivity index (χ4n) is 4.55. The van der Waals surface area contributed by atoms with Crippen LogP contribution in [0.15, 0.2) is 29.2 Å². The van der Waals surface area contributed by atoms with Crippen molar-refractivity contribution < 1.29 is 36.4 Å². The zero-order valence-corrected chi connectivity index (χ0v) is 24.7. The van der Waals surface area contributed by atoms with E-state index >= 15 is 0 Å². The molecule has 1 heterocycles. The van der Waals surface area contributed by atoms with Gasteiger partial charge in [0.25, 0.3) is 5.69 Å². The molecule has 0 saturated heterocycles. The van der Waals surface area contributed by atoms with Crippen molar-refractivity contribution in [3.05, 3.63) is 62.2 Å². The summed E-state index contributed by atoms with van der Waals surface area (Å²) in [5.41, 5.74) is -2.64. The van der Waals surface area contributed by atoms with E-state index in [0.717, 1.165) is 12.3 Å². The molecule has 0 aromatic heterocycles. The zero-order valence-electron chi connectivity index (χ0n) is 23.9. The van der Waals surface area contributed by atoms with Crippen LogP contribution in [0.4, 0.5) is 18.9 Å². The van der Waals surface area contributed by atoms with Gasteiger partial charge in [0, 0.05) is 24.3 Å². The van der Waals surface area contributed by atoms with Crippen LogP contribution in [-0.2, 0) is 22.7 Å². The number of ether oxygens (including phenoxy) is 1. The van der Waals surface area contributed by atoms with Gasteiger partial charge in [-0.2, -0.15) is 18.4 Å². The largest absolute Gasteiger partial charge is 0.493 e. The molecule has 2 aromatic rings. The van der Waals surface area contributed by atoms with Crippen LogP contribution in [0.3, 0.4) is 0 Å². The Labute approximate surface area is 239 Å². The molecule has 0 amide bonds. The Morgan fingerprint density at radius 1 is 1.24 bits per heavy atom. The first-order chi connectivity index (χ1) is 19.0. The molecule has 12 heteroatoms. The molecule has 0 bridgehead atoms. The Morgan fingerprint density at radius 2 is 1.83 bits per heavy atom. The molecule has 0 aliphatic carbocycles. The Hall–Kier alpha value is -3.61. The Kier molecular flexibility index (Phi) is 12.4. The number of sulfone groups is 1. The normalized spacial score (nSPS) is 14.3. The molecule has 1 aliphatic rings. The molecule has 2 atom stereocenters. The van der Waals surface area contributed by atoms with Gasteiger partial charge in [-0.15, -0.1) is 12.3 Å². The van der Waals surface area contributed by atoms with Gasteiger partial charge in [0.1, 0.15) is 5.75 Å². The van der Waals surface area contributed by atoms with Crippen LogP contribution in [0.5, 0.6) is 5.75 Å². The molecule has 0 fully saturated rings. The van der Waals surface area contributed by atoms with E-state index in [9.17, 15) is 36.8 Å². The topological polar surface area (TPSA) is 131 Å². The lowest BCUT2D eigenvalue weighted by atomic mass is 9.81. The monoisotopic (exact) mass is 596 g/mol. The van der Waals surface area contributed by atoms with Crippen molar-refractivity contribution in [3.63, 3.8) is 0 Å². The number of aliphatic hydroxyl groups is 1. The summed E-state index contributed by atoms with van der Waals surface area (Å²) in [6, 6.07) is 6.83. The van der Waals surface area contributed by atoms with E-state index in [-0.39, 0.29) is 33.8 Å². The number of hydrogen-bond donors (Lipinski definition) is 1. The predicted octanol–water partition coefficient (Wildman–Crippen LogP) is 6.20. The smallest absolute Gasteiger partial charge is 0.417 e. The van der Waals surface area contributed by atoms with E-state index in [1.807, 2.05) is 13.8 Å². The van der Waals surface area contributed by atoms with Crippen molar-refractivity contribution in [2.24, 2.45) is 0 Å². The first-order valence-corrected chi connectivity index (χ1v) is 14.7. The first-order valence-electron chi connectivity index (χ1n) is 12.8. The highest BCUT2D eigenvalue weighted by Crippen LogP contribution is 2.45. The number of halogens is 3. The molecule has 1 aliphatic heterocycles. The number of nitrogens with zero attached hydrogens (tertiary/aromatic N) is 2. The predicted molar refractivity (Wildman–Crippen MR) is 150 cm³/mol. The average Bonchev–Trinajstić information content (AvgIpc) is 3.36. The number of rotatable bonds is 8. The third-order valence-corrected chi connectivity index (χ3v) is 7.57. The average molecular weight is 597 g/mol. The maximum Gasteiger partial charge on any atom is 0.417 e. The van der Waals surface area contributed by atoms with Crippen molar-refractivity contribution in [3.8, 4) is 24.2 Å². The third-order valence-electron chi connectivity index (χ3n) is 6.48. The molecule has 41 heavy (non-hydrogen) atoms. The second-order valence-electron chi connectivity index (χ2n) is 9.45. The fraction of sp³-hybridized carbons (Fsp3) is 0.483. The summed E-state index contributed by atoms with van der Waals surface area (Å²) in [7, 11) is -3.65. The molecular weight excluding hydrogens is 561 g/mol. The summed E-state index contributed by atoms with van der Waals surface area (Å²) in [6.45, 7) is 8.80. The molecule has 224 valence electrons. The number of nitro groups is 1. The van der Waals surface area contributed by atoms with Crippen LogP contribution >= 0.6 is 0 Å². The van der Waals surface area contributed by atoms with Crippen LogP contribution < -0.4 is 4.74 Å². The van der Waals surface area contributed by atoms with E-state index in [1.54, 1.807) is 13.0 Å². The number of fused-ring (bicyclic) bond motifs is 1. The maximum absolute atomic E-state index is 14.2. The minimum absolute atomic E-state index is 0.00210. The highest BCUT2D eigenvalue weighted by molar-refractivity contribution is 7.90. The van der Waals surface area contributed by atoms with Crippen LogP contribution in [0.1, 0.15) is 74.3 Å². The van der Waals surface area contributed by atoms with Crippen molar-refractivity contribution in [1.29, 1.82) is 5.26 Å². The molecule has 2 unspecified atom stereocenters. The van der Waals surface area contributed by atoms with Gasteiger partial charge in [0.15, 0.2) is 15.4 Å². The number of aryl methyl sites for hydroxylation is 1. The van der Waals surface area contributed by atoms with Crippen molar-refractivity contribution >= 4 is 15.5 Å². The molecule has 2 aromatic carbocycles. The van der Waals surface area contributed by atoms with Crippen molar-refractivity contribution in [1.82, 2.24) is 0 Å². The van der Waals surface area contributed by atoms with Crippen LogP contribution in [0, 0.1) is 40.7 Å². The number of hydrogen-bond acceptors (Lipinski definition) is 7. The summed E-state index contributed by atoms with van der Waals surface area (Å²) in [5, 5.41) is 31.4. The van der Waals surface area contributed by atoms with Gasteiger partial charge in [-0.05, 0) is 73.9 Å². The third kappa shape index (κ3) is 8.69. The number of nitriles is 1. The minimum Gasteiger partial charge on any atom is -0.493 e. The molecule has 0 spiro atoms. The zero-order chi connectivity index (χ0) is 31.8. The number of alkyl halides is 3. The van der Waals surface area contributed by atoms with Gasteiger partial charge in [0.05, 0.1) is 28.1 Å². The van der Waals surface area contributed by atoms with Gasteiger partial charge in [-0.25, -0.2) is 8.42 Å². The lowest BCUT2D eigenvalue weighted by Crippen LogP contribution is -2.46. The number of terminal acetylenes is 1. The van der Waals surface area contributed by atoms with Crippen molar-refractivity contribution in [2.75, 3.05) is 12.9 Å². The summed E-state index contributed by atoms with van der Waals surface area (Å²) in [4.78, 5) is 10.7. The summed E-state index contributed by atoms with van der Waals surface area (Å²) < 4.78 is 72.3. The molecule has 0 radical (unpaired) electrons. The summed E-state index contributed by atoms with van der Waals surface area (Å²) in [5.74, 6) is 1.61. The van der Waals surface area contributed by atoms with E-state index in [0.29, 0.717) is 17.7 Å². The van der Waals surface area contributed by atoms with Gasteiger partial charge in [-0.3, -0.25) is 10.1 Å². The fourth-order valence-corrected chi connectivity index (χ4v) is 5.24. The van der Waals surface area contributed by atoms with E-state index in [4.69, 9.17) is 10.00 Å². The van der Waals surface area contributed by atoms with Gasteiger partial charge in [-0.1, -0.05) is 20.8 Å². The highest BCUT2D eigenvalue weighted by Gasteiger charge is 2.54. The Bertz CT molecular complexity index is 1440. The van der Waals surface area contributed by atoms with Gasteiger partial charge < -0.3 is 9.84 Å². The molecule has 1 N–H and O–H groups in total. The summed E-state index contributed by atoms with van der Waals surface area (Å²) in [6.07, 6.45) is -1.23. The standard InChI is InChI=1S/C24H25F3N2O6S.C3H4.C2H6/c1-14-8-16(13-28)9-21(29(31)32)19(14)4-6-23(30,24(25,26)27)12-15(2)20-11-18(36(3,33)34)10-17-5-7-35-22(17)20;1-3-2;1-2/h8-11,15,30H,4-7,12H2,1-3H3;1H,2H3;1-2H3. The minimum atomic E-state index is -5.07. The Morgan fingerprint density at radius 3 is 2.32 bits per heavy atom. The van der Waals surface area contributed by atoms with Crippen molar-refractivity contribution in [2.45, 2.75) is 82.9 Å². The highest BCUT2D eigenvalue weighted by atomic mass is 32.2. The van der Waals surface area contributed by atoms with E-state index in [1.165, 1.54) is 32.0 Å². The Balaban J connectivity index is 0.00000157. The SMILES string of the molecule is C#CC.CC.Cc1cc(C#N)cc([N+](=O)[O-])c1CCC(O)(CC(C)c1cc(S(C)(=O)=O)cc2c1OCC2)C(F)(F)F. The van der Waals surface area contributed by atoms with E-state index in [2.05, 4.69) is 12.3 Å². The summed E-state index contributed by atoms with van der Waals surface area (Å²) >= 11 is 0. The molecule has 3 rings (SSSR count). The molecule has 0 saturated carbocycles. The second-order valence-corrected chi connectivity index (χ2v) is 11.5. The second kappa shape index (κ2) is 14.3. The van der Waals surface area contributed by atoms with Gasteiger partial charge in [0.2, 0.25) is 0 Å². The lowest BCUT2D eigenvalue weighted by Gasteiger charge is -2.33. The first kappa shape index (κ1) is 35.4.